The van der Waals surface area contributed by atoms with Crippen molar-refractivity contribution in [1.82, 2.24) is 4.90 Å². The fraction of sp³-hybridized carbons (Fsp3) is 0.273. The summed E-state index contributed by atoms with van der Waals surface area (Å²) in [6, 6.07) is 5.14. The lowest BCUT2D eigenvalue weighted by molar-refractivity contribution is -0.137. The zero-order valence-corrected chi connectivity index (χ0v) is 9.20. The molecule has 0 aliphatic carbocycles. The Morgan fingerprint density at radius 3 is 2.94 bits per heavy atom. The van der Waals surface area contributed by atoms with Crippen LogP contribution in [0.15, 0.2) is 18.2 Å². The summed E-state index contributed by atoms with van der Waals surface area (Å²) < 4.78 is 0. The maximum Gasteiger partial charge on any atom is 0.323 e. The van der Waals surface area contributed by atoms with Crippen molar-refractivity contribution >= 4 is 23.5 Å². The molecule has 84 valence electrons. The summed E-state index contributed by atoms with van der Waals surface area (Å²) in [7, 11) is 0. The molecule has 0 bridgehead atoms. The van der Waals surface area contributed by atoms with Gasteiger partial charge in [-0.2, -0.15) is 0 Å². The molecule has 1 aliphatic rings. The number of hydrogen-bond acceptors (Lipinski definition) is 2. The monoisotopic (exact) mass is 239 g/mol. The third kappa shape index (κ3) is 2.02. The lowest BCUT2D eigenvalue weighted by atomic mass is 9.99. The number of benzene rings is 1. The first kappa shape index (κ1) is 11.0. The highest BCUT2D eigenvalue weighted by molar-refractivity contribution is 6.31. The summed E-state index contributed by atoms with van der Waals surface area (Å²) in [5.74, 6) is -1.26. The second-order valence-electron chi connectivity index (χ2n) is 3.67. The van der Waals surface area contributed by atoms with Gasteiger partial charge in [0.25, 0.3) is 5.91 Å². The molecule has 1 amide bonds. The van der Waals surface area contributed by atoms with Crippen LogP contribution in [0.3, 0.4) is 0 Å². The van der Waals surface area contributed by atoms with Crippen molar-refractivity contribution < 1.29 is 14.7 Å². The van der Waals surface area contributed by atoms with E-state index in [0.29, 0.717) is 23.6 Å². The number of fused-ring (bicyclic) bond motifs is 1. The highest BCUT2D eigenvalue weighted by Gasteiger charge is 2.25. The van der Waals surface area contributed by atoms with Crippen LogP contribution in [-0.4, -0.2) is 35.0 Å². The maximum atomic E-state index is 11.9. The molecule has 4 nitrogen and oxygen atoms in total. The summed E-state index contributed by atoms with van der Waals surface area (Å²) in [4.78, 5) is 23.8. The Morgan fingerprint density at radius 1 is 1.50 bits per heavy atom. The number of halogens is 1. The Balaban J connectivity index is 2.30. The Kier molecular flexibility index (Phi) is 2.83. The first-order valence-electron chi connectivity index (χ1n) is 4.87. The quantitative estimate of drug-likeness (QED) is 0.849. The van der Waals surface area contributed by atoms with E-state index in [-0.39, 0.29) is 12.5 Å². The molecule has 0 radical (unpaired) electrons. The average molecular weight is 240 g/mol. The molecule has 1 aromatic carbocycles. The van der Waals surface area contributed by atoms with Crippen molar-refractivity contribution in [3.8, 4) is 0 Å². The summed E-state index contributed by atoms with van der Waals surface area (Å²) in [6.07, 6.45) is 0.672. The molecule has 1 heterocycles. The number of aliphatic carboxylic acids is 1. The summed E-state index contributed by atoms with van der Waals surface area (Å²) in [5, 5.41) is 9.16. The topological polar surface area (TPSA) is 57.6 Å². The minimum atomic E-state index is -1.00. The van der Waals surface area contributed by atoms with Crippen molar-refractivity contribution in [2.24, 2.45) is 0 Å². The second kappa shape index (κ2) is 4.14. The smallest absolute Gasteiger partial charge is 0.323 e. The van der Waals surface area contributed by atoms with Crippen molar-refractivity contribution in [2.45, 2.75) is 6.42 Å². The normalized spacial score (nSPS) is 14.8. The van der Waals surface area contributed by atoms with E-state index >= 15 is 0 Å². The lowest BCUT2D eigenvalue weighted by Crippen LogP contribution is -2.40. The molecule has 0 saturated heterocycles. The predicted octanol–water partition coefficient (Wildman–Crippen LogP) is 1.42. The van der Waals surface area contributed by atoms with Gasteiger partial charge in [-0.3, -0.25) is 9.59 Å². The maximum absolute atomic E-state index is 11.9. The van der Waals surface area contributed by atoms with Crippen LogP contribution in [-0.2, 0) is 11.2 Å². The van der Waals surface area contributed by atoms with Crippen LogP contribution < -0.4 is 0 Å². The molecule has 0 atom stereocenters. The summed E-state index contributed by atoms with van der Waals surface area (Å²) in [5.41, 5.74) is 1.44. The van der Waals surface area contributed by atoms with Crippen LogP contribution in [0, 0.1) is 0 Å². The number of carboxylic acids is 1. The molecular weight excluding hydrogens is 230 g/mol. The second-order valence-corrected chi connectivity index (χ2v) is 4.11. The highest BCUT2D eigenvalue weighted by atomic mass is 35.5. The third-order valence-electron chi connectivity index (χ3n) is 2.57. The van der Waals surface area contributed by atoms with Crippen LogP contribution in [0.25, 0.3) is 0 Å². The van der Waals surface area contributed by atoms with Crippen molar-refractivity contribution in [3.05, 3.63) is 34.3 Å². The number of amides is 1. The molecule has 0 unspecified atom stereocenters. The van der Waals surface area contributed by atoms with Gasteiger partial charge in [0.15, 0.2) is 0 Å². The van der Waals surface area contributed by atoms with Gasteiger partial charge >= 0.3 is 5.97 Å². The zero-order chi connectivity index (χ0) is 11.7. The van der Waals surface area contributed by atoms with Gasteiger partial charge in [0.05, 0.1) is 0 Å². The minimum Gasteiger partial charge on any atom is -0.480 e. The Hall–Kier alpha value is -1.55. The lowest BCUT2D eigenvalue weighted by Gasteiger charge is -2.27. The summed E-state index contributed by atoms with van der Waals surface area (Å²) in [6.45, 7) is 0.185. The van der Waals surface area contributed by atoms with E-state index in [9.17, 15) is 9.59 Å². The number of hydrogen-bond donors (Lipinski definition) is 1. The Bertz CT molecular complexity index is 459. The van der Waals surface area contributed by atoms with Gasteiger partial charge in [-0.1, -0.05) is 17.7 Å². The molecule has 16 heavy (non-hydrogen) atoms. The molecular formula is C11H10ClNO3. The van der Waals surface area contributed by atoms with Gasteiger partial charge in [0.2, 0.25) is 0 Å². The molecule has 2 rings (SSSR count). The van der Waals surface area contributed by atoms with Gasteiger partial charge in [-0.05, 0) is 24.1 Å². The average Bonchev–Trinajstić information content (AvgIpc) is 2.22. The van der Waals surface area contributed by atoms with E-state index in [1.165, 1.54) is 4.90 Å². The first-order valence-corrected chi connectivity index (χ1v) is 5.25. The first-order chi connectivity index (χ1) is 7.58. The molecule has 1 N–H and O–H groups in total. The molecule has 5 heteroatoms. The SMILES string of the molecule is O=C(O)CN1CCc2ccc(Cl)cc2C1=O. The minimum absolute atomic E-state index is 0.258. The largest absolute Gasteiger partial charge is 0.480 e. The highest BCUT2D eigenvalue weighted by Crippen LogP contribution is 2.22. The van der Waals surface area contributed by atoms with Crippen molar-refractivity contribution in [2.75, 3.05) is 13.1 Å². The van der Waals surface area contributed by atoms with Gasteiger partial charge in [-0.25, -0.2) is 0 Å². The van der Waals surface area contributed by atoms with Crippen LogP contribution in [0.2, 0.25) is 5.02 Å². The van der Waals surface area contributed by atoms with Crippen LogP contribution >= 0.6 is 11.6 Å². The number of nitrogens with zero attached hydrogens (tertiary/aromatic N) is 1. The number of carboxylic acid groups (broad SMARTS) is 1. The molecule has 0 fully saturated rings. The fourth-order valence-electron chi connectivity index (χ4n) is 1.81. The van der Waals surface area contributed by atoms with E-state index < -0.39 is 5.97 Å². The van der Waals surface area contributed by atoms with Gasteiger partial charge < -0.3 is 10.0 Å². The van der Waals surface area contributed by atoms with E-state index in [2.05, 4.69) is 0 Å². The van der Waals surface area contributed by atoms with Gasteiger partial charge in [0, 0.05) is 17.1 Å². The molecule has 1 aliphatic heterocycles. The Morgan fingerprint density at radius 2 is 2.25 bits per heavy atom. The van der Waals surface area contributed by atoms with E-state index in [1.807, 2.05) is 6.07 Å². The van der Waals surface area contributed by atoms with E-state index in [1.54, 1.807) is 12.1 Å². The van der Waals surface area contributed by atoms with Crippen molar-refractivity contribution in [1.29, 1.82) is 0 Å². The molecule has 0 saturated carbocycles. The summed E-state index contributed by atoms with van der Waals surface area (Å²) >= 11 is 5.81. The van der Waals surface area contributed by atoms with E-state index in [4.69, 9.17) is 16.7 Å². The molecule has 1 aromatic rings. The van der Waals surface area contributed by atoms with Gasteiger partial charge in [0.1, 0.15) is 6.54 Å². The number of carbonyl (C=O) groups is 2. The number of rotatable bonds is 2. The predicted molar refractivity (Wildman–Crippen MR) is 58.7 cm³/mol. The van der Waals surface area contributed by atoms with Gasteiger partial charge in [-0.15, -0.1) is 0 Å². The standard InChI is InChI=1S/C11H10ClNO3/c12-8-2-1-7-3-4-13(6-10(14)15)11(16)9(7)5-8/h1-2,5H,3-4,6H2,(H,14,15). The Labute approximate surface area is 97.4 Å². The van der Waals surface area contributed by atoms with Crippen LogP contribution in [0.5, 0.6) is 0 Å². The zero-order valence-electron chi connectivity index (χ0n) is 8.44. The van der Waals surface area contributed by atoms with Crippen LogP contribution in [0.4, 0.5) is 0 Å². The van der Waals surface area contributed by atoms with E-state index in [0.717, 1.165) is 5.56 Å². The third-order valence-corrected chi connectivity index (χ3v) is 2.80. The molecule has 0 aromatic heterocycles. The fourth-order valence-corrected chi connectivity index (χ4v) is 1.98. The van der Waals surface area contributed by atoms with Crippen molar-refractivity contribution in [3.63, 3.8) is 0 Å². The number of carbonyl (C=O) groups excluding carboxylic acids is 1. The van der Waals surface area contributed by atoms with Crippen LogP contribution in [0.1, 0.15) is 15.9 Å². The molecule has 0 spiro atoms.